The van der Waals surface area contributed by atoms with Crippen molar-refractivity contribution in [2.24, 2.45) is 17.8 Å². The van der Waals surface area contributed by atoms with Gasteiger partial charge in [0.15, 0.2) is 0 Å². The van der Waals surface area contributed by atoms with Crippen molar-refractivity contribution in [3.8, 4) is 23.1 Å². The molecule has 5 atom stereocenters. The molecule has 3 aliphatic heterocycles. The van der Waals surface area contributed by atoms with Gasteiger partial charge in [0.1, 0.15) is 21.8 Å². The van der Waals surface area contributed by atoms with Crippen LogP contribution in [0.15, 0.2) is 48.7 Å². The number of rotatable bonds is 8. The summed E-state index contributed by atoms with van der Waals surface area (Å²) >= 11 is 3.50. The van der Waals surface area contributed by atoms with Gasteiger partial charge in [0, 0.05) is 30.1 Å². The molecule has 4 aromatic rings. The molecule has 5 heterocycles. The van der Waals surface area contributed by atoms with Gasteiger partial charge in [-0.25, -0.2) is 9.97 Å². The lowest BCUT2D eigenvalue weighted by atomic mass is 9.92. The van der Waals surface area contributed by atoms with Gasteiger partial charge in [0.25, 0.3) is 0 Å². The van der Waals surface area contributed by atoms with E-state index in [1.54, 1.807) is 11.8 Å². The summed E-state index contributed by atoms with van der Waals surface area (Å²) in [6, 6.07) is 14.3. The molecule has 50 heavy (non-hydrogen) atoms. The van der Waals surface area contributed by atoms with Gasteiger partial charge in [0.05, 0.1) is 33.7 Å². The van der Waals surface area contributed by atoms with Crippen LogP contribution in [-0.2, 0) is 14.3 Å². The molecule has 7 rings (SSSR count). The highest BCUT2D eigenvalue weighted by Crippen LogP contribution is 2.66. The van der Waals surface area contributed by atoms with Gasteiger partial charge < -0.3 is 19.8 Å². The van der Waals surface area contributed by atoms with Crippen molar-refractivity contribution in [2.45, 2.75) is 88.1 Å². The summed E-state index contributed by atoms with van der Waals surface area (Å²) < 4.78 is -0.586. The third-order valence-electron chi connectivity index (χ3n) is 11.4. The number of benzene rings is 2. The molecule has 262 valence electrons. The Morgan fingerprint density at radius 2 is 1.72 bits per heavy atom. The Labute approximate surface area is 304 Å². The van der Waals surface area contributed by atoms with Crippen molar-refractivity contribution in [2.75, 3.05) is 19.3 Å². The molecule has 0 radical (unpaired) electrons. The maximum absolute atomic E-state index is 13.6. The van der Waals surface area contributed by atoms with E-state index in [1.807, 2.05) is 60.3 Å². The average molecular weight is 709 g/mol. The summed E-state index contributed by atoms with van der Waals surface area (Å²) in [6.45, 7) is 14.2. The van der Waals surface area contributed by atoms with E-state index in [0.29, 0.717) is 5.92 Å². The lowest BCUT2D eigenvalue weighted by molar-refractivity contribution is -0.138. The number of nitrogens with zero attached hydrogens (tertiary/aromatic N) is 4. The predicted molar refractivity (Wildman–Crippen MR) is 205 cm³/mol. The first-order chi connectivity index (χ1) is 23.9. The monoisotopic (exact) mass is 708 g/mol. The van der Waals surface area contributed by atoms with Crippen LogP contribution in [0.4, 0.5) is 0 Å². The summed E-state index contributed by atoms with van der Waals surface area (Å²) in [5.41, 5.74) is 5.72. The Kier molecular flexibility index (Phi) is 9.36. The van der Waals surface area contributed by atoms with Crippen LogP contribution in [0, 0.1) is 29.6 Å². The highest BCUT2D eigenvalue weighted by molar-refractivity contribution is 8.08. The highest BCUT2D eigenvalue weighted by atomic mass is 32.2. The van der Waals surface area contributed by atoms with Crippen molar-refractivity contribution in [1.29, 1.82) is 0 Å². The lowest BCUT2D eigenvalue weighted by Crippen LogP contribution is -2.47. The summed E-state index contributed by atoms with van der Waals surface area (Å²) in [7, 11) is 0. The van der Waals surface area contributed by atoms with Crippen molar-refractivity contribution >= 4 is 46.4 Å². The number of amides is 2. The van der Waals surface area contributed by atoms with Crippen LogP contribution in [0.25, 0.3) is 22.3 Å². The highest BCUT2D eigenvalue weighted by Gasteiger charge is 2.64. The Hall–Kier alpha value is -3.68. The molecule has 0 aliphatic carbocycles. The molecule has 2 aromatic heterocycles. The molecule has 0 saturated carbocycles. The molecule has 5 unspecified atom stereocenters. The van der Waals surface area contributed by atoms with Crippen LogP contribution in [0.5, 0.6) is 0 Å². The van der Waals surface area contributed by atoms with Crippen molar-refractivity contribution in [1.82, 2.24) is 29.7 Å². The minimum absolute atomic E-state index is 0.0240. The van der Waals surface area contributed by atoms with Gasteiger partial charge in [-0.05, 0) is 86.6 Å². The van der Waals surface area contributed by atoms with E-state index < -0.39 is 4.75 Å². The molecule has 10 heteroatoms. The summed E-state index contributed by atoms with van der Waals surface area (Å²) in [4.78, 5) is 47.9. The largest absolute Gasteiger partial charge is 0.341 e. The average Bonchev–Trinajstić information content (AvgIpc) is 3.48. The van der Waals surface area contributed by atoms with E-state index in [2.05, 4.69) is 79.5 Å². The quantitative estimate of drug-likeness (QED) is 0.142. The van der Waals surface area contributed by atoms with Gasteiger partial charge in [-0.2, -0.15) is 0 Å². The first-order valence-corrected chi connectivity index (χ1v) is 20.1. The van der Waals surface area contributed by atoms with Crippen LogP contribution in [-0.4, -0.2) is 71.0 Å². The normalized spacial score (nSPS) is 23.5. The number of piperidine rings is 1. The Bertz CT molecular complexity index is 1970. The zero-order valence-corrected chi connectivity index (χ0v) is 31.8. The van der Waals surface area contributed by atoms with E-state index in [-0.39, 0.29) is 39.8 Å². The zero-order valence-electron chi connectivity index (χ0n) is 30.2. The molecule has 8 nitrogen and oxygen atoms in total. The molecule has 2 amide bonds. The molecule has 3 fully saturated rings. The second kappa shape index (κ2) is 13.5. The molecular formula is C40H48N6O2S2. The van der Waals surface area contributed by atoms with Crippen LogP contribution < -0.4 is 0 Å². The smallest absolute Gasteiger partial charge is 0.239 e. The number of carbonyl (C=O) groups is 2. The van der Waals surface area contributed by atoms with E-state index >= 15 is 0 Å². The second-order valence-corrected chi connectivity index (χ2v) is 17.6. The maximum atomic E-state index is 13.6. The molecule has 3 aliphatic rings. The number of hydrogen-bond donors (Lipinski definition) is 2. The summed E-state index contributed by atoms with van der Waals surface area (Å²) in [6.07, 6.45) is 7.82. The number of thioether (sulfide) groups is 2. The van der Waals surface area contributed by atoms with Crippen LogP contribution in [0.1, 0.15) is 96.0 Å². The van der Waals surface area contributed by atoms with Crippen LogP contribution in [0.2, 0.25) is 0 Å². The topological polar surface area (TPSA) is 98.0 Å². The maximum Gasteiger partial charge on any atom is 0.239 e. The van der Waals surface area contributed by atoms with Crippen LogP contribution in [0.3, 0.4) is 0 Å². The Balaban J connectivity index is 1.03. The van der Waals surface area contributed by atoms with Gasteiger partial charge >= 0.3 is 0 Å². The number of aromatic nitrogens is 4. The number of fused-ring (bicyclic) bond motifs is 2. The number of imidazole rings is 2. The lowest BCUT2D eigenvalue weighted by Gasteiger charge is -2.36. The van der Waals surface area contributed by atoms with Crippen molar-refractivity contribution < 1.29 is 9.59 Å². The molecule has 2 aromatic carbocycles. The van der Waals surface area contributed by atoms with Gasteiger partial charge in [0.2, 0.25) is 11.8 Å². The van der Waals surface area contributed by atoms with E-state index in [4.69, 9.17) is 9.97 Å². The minimum Gasteiger partial charge on any atom is -0.341 e. The second-order valence-electron chi connectivity index (χ2n) is 15.0. The third kappa shape index (κ3) is 6.15. The minimum atomic E-state index is -0.451. The number of H-pyrrole nitrogens is 2. The molecule has 0 bridgehead atoms. The molecule has 0 spiro atoms. The standard InChI is InChI=1S/C40H48N6O2S2/c1-24(2)26(5)35(47)46-21-9-19-40(38(46)50-40)36-43-30-18-15-28(22-31(30)44-36)12-11-27-13-16-29(17-14-27)32-23-41-34(42-32)33-10-8-20-45(33)37(48)39(6,49-7)25(3)4/h13-18,22-26,33,38H,8-10,19-21H2,1-7H3,(H,41,42)(H,43,44). The zero-order chi connectivity index (χ0) is 35.4. The molecule has 3 saturated heterocycles. The van der Waals surface area contributed by atoms with Gasteiger partial charge in [-0.3, -0.25) is 9.59 Å². The molecule has 2 N–H and O–H groups in total. The SMILES string of the molecule is CSC(C)(C(=O)N1CCCC1c1ncc(-c2ccc(C#Cc3ccc4nc(C56CCCN(C(=O)C(C)C(C)C)C5S6)[nH]c4c3)cc2)[nH]1)C(C)C. The third-order valence-corrected chi connectivity index (χ3v) is 14.5. The van der Waals surface area contributed by atoms with E-state index in [1.165, 1.54) is 0 Å². The number of carbonyl (C=O) groups excluding carboxylic acids is 2. The van der Waals surface area contributed by atoms with Crippen LogP contribution >= 0.6 is 23.5 Å². The summed E-state index contributed by atoms with van der Waals surface area (Å²) in [5, 5.41) is 0.161. The number of aromatic amines is 2. The molecular weight excluding hydrogens is 661 g/mol. The number of nitrogens with one attached hydrogen (secondary N) is 2. The fourth-order valence-electron chi connectivity index (χ4n) is 7.32. The first kappa shape index (κ1) is 34.8. The van der Waals surface area contributed by atoms with E-state index in [0.717, 1.165) is 83.8 Å². The Morgan fingerprint density at radius 1 is 1.00 bits per heavy atom. The fourth-order valence-corrected chi connectivity index (χ4v) is 9.58. The van der Waals surface area contributed by atoms with Crippen molar-refractivity contribution in [3.63, 3.8) is 0 Å². The van der Waals surface area contributed by atoms with Gasteiger partial charge in [-0.1, -0.05) is 58.6 Å². The number of likely N-dealkylation sites (tertiary alicyclic amines) is 2. The summed E-state index contributed by atoms with van der Waals surface area (Å²) in [5.74, 6) is 9.53. The van der Waals surface area contributed by atoms with E-state index in [9.17, 15) is 9.59 Å². The predicted octanol–water partition coefficient (Wildman–Crippen LogP) is 7.98. The van der Waals surface area contributed by atoms with Gasteiger partial charge in [-0.15, -0.1) is 23.5 Å². The van der Waals surface area contributed by atoms with Crippen molar-refractivity contribution in [3.05, 3.63) is 71.4 Å². The Morgan fingerprint density at radius 3 is 2.44 bits per heavy atom. The first-order valence-electron chi connectivity index (χ1n) is 18.0. The fraction of sp³-hybridized carbons (Fsp3) is 0.500. The number of hydrogen-bond acceptors (Lipinski definition) is 6.